The Balaban J connectivity index is 2.10. The lowest BCUT2D eigenvalue weighted by atomic mass is 10.2. The summed E-state index contributed by atoms with van der Waals surface area (Å²) >= 11 is 0. The molecule has 9 heavy (non-hydrogen) atoms. The van der Waals surface area contributed by atoms with Crippen LogP contribution >= 0.6 is 0 Å². The summed E-state index contributed by atoms with van der Waals surface area (Å²) in [5, 5.41) is 18.0. The fourth-order valence-corrected chi connectivity index (χ4v) is 1.82. The summed E-state index contributed by atoms with van der Waals surface area (Å²) in [6.45, 7) is 0. The van der Waals surface area contributed by atoms with E-state index in [2.05, 4.69) is 0 Å². The van der Waals surface area contributed by atoms with Gasteiger partial charge in [-0.2, -0.15) is 0 Å². The van der Waals surface area contributed by atoms with E-state index in [0.29, 0.717) is 6.42 Å². The minimum atomic E-state index is -0.927. The summed E-state index contributed by atoms with van der Waals surface area (Å²) in [5.41, 5.74) is 0. The quantitative estimate of drug-likeness (QED) is 0.475. The van der Waals surface area contributed by atoms with Gasteiger partial charge < -0.3 is 10.2 Å². The molecule has 0 aliphatic heterocycles. The fourth-order valence-electron chi connectivity index (χ4n) is 1.82. The van der Waals surface area contributed by atoms with Crippen molar-refractivity contribution < 1.29 is 14.6 Å². The maximum Gasteiger partial charge on any atom is 0.112 e. The molecule has 2 saturated carbocycles. The average molecular weight is 132 g/mol. The smallest absolute Gasteiger partial charge is 0.112 e. The molecule has 0 heterocycles. The van der Waals surface area contributed by atoms with Crippen molar-refractivity contribution in [2.45, 2.75) is 24.8 Å². The maximum absolute atomic E-state index is 12.4. The highest BCUT2D eigenvalue weighted by atomic mass is 19.1. The van der Waals surface area contributed by atoms with E-state index in [1.165, 1.54) is 0 Å². The van der Waals surface area contributed by atoms with Crippen LogP contribution in [0.4, 0.5) is 4.39 Å². The number of hydrogen-bond donors (Lipinski definition) is 2. The number of hydrogen-bond acceptors (Lipinski definition) is 2. The largest absolute Gasteiger partial charge is 0.393 e. The topological polar surface area (TPSA) is 40.5 Å². The van der Waals surface area contributed by atoms with Gasteiger partial charge in [-0.1, -0.05) is 0 Å². The molecular weight excluding hydrogens is 123 g/mol. The number of halogens is 1. The van der Waals surface area contributed by atoms with Crippen LogP contribution in [0.2, 0.25) is 0 Å². The molecule has 1 unspecified atom stereocenters. The fraction of sp³-hybridized carbons (Fsp3) is 1.00. The Hall–Kier alpha value is -0.150. The Morgan fingerprint density at radius 1 is 1.11 bits per heavy atom. The third-order valence-corrected chi connectivity index (χ3v) is 2.41. The molecule has 2 nitrogen and oxygen atoms in total. The van der Waals surface area contributed by atoms with Gasteiger partial charge in [0.05, 0.1) is 12.2 Å². The molecule has 52 valence electrons. The molecule has 0 spiro atoms. The van der Waals surface area contributed by atoms with Crippen LogP contribution in [0.1, 0.15) is 6.42 Å². The molecule has 2 rings (SSSR count). The predicted molar refractivity (Wildman–Crippen MR) is 28.5 cm³/mol. The van der Waals surface area contributed by atoms with E-state index >= 15 is 0 Å². The maximum atomic E-state index is 12.4. The van der Waals surface area contributed by atoms with E-state index in [9.17, 15) is 4.39 Å². The Morgan fingerprint density at radius 2 is 1.56 bits per heavy atom. The monoisotopic (exact) mass is 132 g/mol. The number of alkyl halides is 1. The first-order valence-electron chi connectivity index (χ1n) is 3.22. The lowest BCUT2D eigenvalue weighted by Crippen LogP contribution is -2.15. The third-order valence-electron chi connectivity index (χ3n) is 2.41. The molecule has 3 heteroatoms. The number of aliphatic hydroxyl groups is 2. The zero-order valence-corrected chi connectivity index (χ0v) is 4.87. The molecule has 2 aliphatic rings. The number of aliphatic hydroxyl groups excluding tert-OH is 2. The minimum Gasteiger partial charge on any atom is -0.393 e. The molecule has 2 fully saturated rings. The number of fused-ring (bicyclic) bond motifs is 1. The van der Waals surface area contributed by atoms with Gasteiger partial charge in [-0.25, -0.2) is 4.39 Å². The molecule has 2 N–H and O–H groups in total. The van der Waals surface area contributed by atoms with Gasteiger partial charge in [0.25, 0.3) is 0 Å². The summed E-state index contributed by atoms with van der Waals surface area (Å²) < 4.78 is 12.4. The lowest BCUT2D eigenvalue weighted by Gasteiger charge is -2.05. The van der Waals surface area contributed by atoms with Crippen molar-refractivity contribution >= 4 is 0 Å². The van der Waals surface area contributed by atoms with Crippen LogP contribution in [-0.2, 0) is 0 Å². The van der Waals surface area contributed by atoms with Crippen molar-refractivity contribution in [1.82, 2.24) is 0 Å². The number of rotatable bonds is 0. The summed E-state index contributed by atoms with van der Waals surface area (Å²) in [6.07, 6.45) is -1.72. The molecular formula is C6H9FO2. The van der Waals surface area contributed by atoms with Crippen molar-refractivity contribution in [3.8, 4) is 0 Å². The Labute approximate surface area is 52.3 Å². The zero-order valence-electron chi connectivity index (χ0n) is 4.87. The van der Waals surface area contributed by atoms with Gasteiger partial charge >= 0.3 is 0 Å². The summed E-state index contributed by atoms with van der Waals surface area (Å²) in [4.78, 5) is 0. The van der Waals surface area contributed by atoms with Crippen LogP contribution in [0, 0.1) is 11.8 Å². The van der Waals surface area contributed by atoms with Crippen LogP contribution in [-0.4, -0.2) is 28.6 Å². The van der Waals surface area contributed by atoms with Crippen LogP contribution in [0.3, 0.4) is 0 Å². The van der Waals surface area contributed by atoms with Crippen LogP contribution in [0.25, 0.3) is 0 Å². The van der Waals surface area contributed by atoms with Crippen LogP contribution < -0.4 is 0 Å². The van der Waals surface area contributed by atoms with Gasteiger partial charge in [-0.05, 0) is 0 Å². The highest BCUT2D eigenvalue weighted by molar-refractivity contribution is 5.11. The van der Waals surface area contributed by atoms with E-state index in [1.807, 2.05) is 0 Å². The van der Waals surface area contributed by atoms with Gasteiger partial charge in [0.1, 0.15) is 6.17 Å². The van der Waals surface area contributed by atoms with E-state index < -0.39 is 18.4 Å². The van der Waals surface area contributed by atoms with Gasteiger partial charge in [0.2, 0.25) is 0 Å². The first-order valence-corrected chi connectivity index (χ1v) is 3.22. The molecule has 0 aromatic rings. The molecule has 2 aliphatic carbocycles. The van der Waals surface area contributed by atoms with Gasteiger partial charge in [-0.3, -0.25) is 0 Å². The highest BCUT2D eigenvalue weighted by Gasteiger charge is 2.63. The molecule has 0 saturated heterocycles. The molecule has 0 aromatic heterocycles. The Morgan fingerprint density at radius 3 is 1.78 bits per heavy atom. The summed E-state index contributed by atoms with van der Waals surface area (Å²) in [6, 6.07) is 0. The second-order valence-electron chi connectivity index (χ2n) is 2.97. The Bertz CT molecular complexity index is 125. The first-order chi connectivity index (χ1) is 4.22. The molecule has 0 aromatic carbocycles. The van der Waals surface area contributed by atoms with E-state index in [-0.39, 0.29) is 11.8 Å². The molecule has 0 bridgehead atoms. The standard InChI is InChI=1S/C6H9FO2/c7-6-4-2(8)1-3(9)5(4)6/h2-6,8-9H,1H2/t2-,3+,4+,5-,6?. The lowest BCUT2D eigenvalue weighted by molar-refractivity contribution is 0.0864. The minimum absolute atomic E-state index is 0.236. The second-order valence-corrected chi connectivity index (χ2v) is 2.97. The normalized spacial score (nSPS) is 63.7. The van der Waals surface area contributed by atoms with E-state index in [0.717, 1.165) is 0 Å². The first kappa shape index (κ1) is 5.62. The van der Waals surface area contributed by atoms with Crippen molar-refractivity contribution in [3.63, 3.8) is 0 Å². The van der Waals surface area contributed by atoms with Crippen molar-refractivity contribution in [1.29, 1.82) is 0 Å². The molecule has 0 radical (unpaired) electrons. The second kappa shape index (κ2) is 1.47. The summed E-state index contributed by atoms with van der Waals surface area (Å²) in [7, 11) is 0. The van der Waals surface area contributed by atoms with Crippen LogP contribution in [0.15, 0.2) is 0 Å². The highest BCUT2D eigenvalue weighted by Crippen LogP contribution is 2.54. The van der Waals surface area contributed by atoms with Crippen molar-refractivity contribution in [2.24, 2.45) is 11.8 Å². The summed E-state index contributed by atoms with van der Waals surface area (Å²) in [5.74, 6) is -0.472. The van der Waals surface area contributed by atoms with Gasteiger partial charge in [0.15, 0.2) is 0 Å². The molecule has 0 amide bonds. The molecule has 5 atom stereocenters. The van der Waals surface area contributed by atoms with Gasteiger partial charge in [-0.15, -0.1) is 0 Å². The van der Waals surface area contributed by atoms with Crippen molar-refractivity contribution in [2.75, 3.05) is 0 Å². The third kappa shape index (κ3) is 0.563. The Kier molecular flexibility index (Phi) is 0.916. The average Bonchev–Trinajstić information content (AvgIpc) is 2.30. The predicted octanol–water partition coefficient (Wildman–Crippen LogP) is -0.304. The zero-order chi connectivity index (χ0) is 6.59. The van der Waals surface area contributed by atoms with Crippen molar-refractivity contribution in [3.05, 3.63) is 0 Å². The van der Waals surface area contributed by atoms with E-state index in [1.54, 1.807) is 0 Å². The SMILES string of the molecule is O[C@@H]1C[C@H](O)[C@H]2C(F)[C@H]21. The van der Waals surface area contributed by atoms with Gasteiger partial charge in [0, 0.05) is 18.3 Å². The van der Waals surface area contributed by atoms with Crippen LogP contribution in [0.5, 0.6) is 0 Å². The van der Waals surface area contributed by atoms with E-state index in [4.69, 9.17) is 10.2 Å².